The molecule has 0 aliphatic carbocycles. The van der Waals surface area contributed by atoms with Crippen LogP contribution in [0.4, 0.5) is 0 Å². The topological polar surface area (TPSA) is 52.5 Å². The number of rotatable bonds is 5. The molecule has 0 bridgehead atoms. The van der Waals surface area contributed by atoms with Gasteiger partial charge in [0.05, 0.1) is 0 Å². The molecule has 3 unspecified atom stereocenters. The minimum absolute atomic E-state index is 0.0743. The van der Waals surface area contributed by atoms with Gasteiger partial charge in [-0.2, -0.15) is 0 Å². The Bertz CT molecular complexity index is 327. The van der Waals surface area contributed by atoms with Crippen molar-refractivity contribution in [1.82, 2.24) is 5.32 Å². The van der Waals surface area contributed by atoms with Gasteiger partial charge in [0.25, 0.3) is 0 Å². The van der Waals surface area contributed by atoms with Gasteiger partial charge in [-0.1, -0.05) is 25.1 Å². The highest BCUT2D eigenvalue weighted by atomic mass is 16.3. The van der Waals surface area contributed by atoms with Gasteiger partial charge in [-0.05, 0) is 25.8 Å². The van der Waals surface area contributed by atoms with Crippen LogP contribution in [0.3, 0.4) is 0 Å². The van der Waals surface area contributed by atoms with E-state index in [-0.39, 0.29) is 24.6 Å². The minimum Gasteiger partial charge on any atom is -0.508 e. The Labute approximate surface area is 97.1 Å². The summed E-state index contributed by atoms with van der Waals surface area (Å²) in [5, 5.41) is 22.1. The number of aliphatic hydroxyl groups is 1. The molecule has 0 spiro atoms. The van der Waals surface area contributed by atoms with Crippen LogP contribution in [-0.2, 0) is 0 Å². The number of phenols is 1. The molecule has 1 aromatic rings. The molecule has 90 valence electrons. The number of nitrogens with one attached hydrogen (secondary N) is 1. The first-order valence-corrected chi connectivity index (χ1v) is 5.71. The molecule has 3 heteroatoms. The number of para-hydroxylation sites is 1. The van der Waals surface area contributed by atoms with Gasteiger partial charge in [-0.3, -0.25) is 0 Å². The molecule has 3 nitrogen and oxygen atoms in total. The number of hydrogen-bond acceptors (Lipinski definition) is 3. The molecule has 3 N–H and O–H groups in total. The van der Waals surface area contributed by atoms with Gasteiger partial charge in [0.1, 0.15) is 5.75 Å². The van der Waals surface area contributed by atoms with Crippen LogP contribution in [0.25, 0.3) is 0 Å². The highest BCUT2D eigenvalue weighted by molar-refractivity contribution is 5.34. The normalized spacial score (nSPS) is 16.8. The van der Waals surface area contributed by atoms with Gasteiger partial charge in [-0.25, -0.2) is 0 Å². The standard InChI is InChI=1S/C13H21NO2/c1-9(8-15)10(2)14-11(3)12-6-4-5-7-13(12)16/h4-7,9-11,14-16H,8H2,1-3H3. The largest absolute Gasteiger partial charge is 0.508 e. The average molecular weight is 223 g/mol. The van der Waals surface area contributed by atoms with Crippen LogP contribution in [0.1, 0.15) is 32.4 Å². The molecule has 0 aromatic heterocycles. The van der Waals surface area contributed by atoms with E-state index in [2.05, 4.69) is 5.32 Å². The minimum atomic E-state index is 0.0743. The van der Waals surface area contributed by atoms with Gasteiger partial charge in [-0.15, -0.1) is 0 Å². The van der Waals surface area contributed by atoms with E-state index >= 15 is 0 Å². The van der Waals surface area contributed by atoms with Crippen LogP contribution in [0, 0.1) is 5.92 Å². The molecule has 0 amide bonds. The van der Waals surface area contributed by atoms with Crippen LogP contribution in [0.5, 0.6) is 5.75 Å². The SMILES string of the molecule is CC(NC(C)C(C)CO)c1ccccc1O. The van der Waals surface area contributed by atoms with Gasteiger partial charge < -0.3 is 15.5 Å². The van der Waals surface area contributed by atoms with Crippen molar-refractivity contribution in [2.24, 2.45) is 5.92 Å². The summed E-state index contributed by atoms with van der Waals surface area (Å²) in [4.78, 5) is 0. The fraction of sp³-hybridized carbons (Fsp3) is 0.538. The number of aliphatic hydroxyl groups excluding tert-OH is 1. The maximum absolute atomic E-state index is 9.70. The van der Waals surface area contributed by atoms with Crippen molar-refractivity contribution in [2.75, 3.05) is 6.61 Å². The van der Waals surface area contributed by atoms with E-state index < -0.39 is 0 Å². The lowest BCUT2D eigenvalue weighted by atomic mass is 10.0. The van der Waals surface area contributed by atoms with Crippen molar-refractivity contribution in [3.63, 3.8) is 0 Å². The van der Waals surface area contributed by atoms with Crippen molar-refractivity contribution in [3.05, 3.63) is 29.8 Å². The number of benzene rings is 1. The quantitative estimate of drug-likeness (QED) is 0.716. The maximum Gasteiger partial charge on any atom is 0.120 e. The molecule has 0 fully saturated rings. The summed E-state index contributed by atoms with van der Waals surface area (Å²) < 4.78 is 0. The highest BCUT2D eigenvalue weighted by Gasteiger charge is 2.16. The summed E-state index contributed by atoms with van der Waals surface area (Å²) >= 11 is 0. The van der Waals surface area contributed by atoms with E-state index in [1.165, 1.54) is 0 Å². The van der Waals surface area contributed by atoms with Crippen LogP contribution in [0.15, 0.2) is 24.3 Å². The van der Waals surface area contributed by atoms with Crippen LogP contribution < -0.4 is 5.32 Å². The summed E-state index contributed by atoms with van der Waals surface area (Å²) in [5.74, 6) is 0.514. The summed E-state index contributed by atoms with van der Waals surface area (Å²) in [7, 11) is 0. The Hall–Kier alpha value is -1.06. The monoisotopic (exact) mass is 223 g/mol. The lowest BCUT2D eigenvalue weighted by Crippen LogP contribution is -2.35. The molecular formula is C13H21NO2. The van der Waals surface area contributed by atoms with Gasteiger partial charge in [0, 0.05) is 24.3 Å². The second-order valence-corrected chi connectivity index (χ2v) is 4.40. The van der Waals surface area contributed by atoms with Gasteiger partial charge in [0.15, 0.2) is 0 Å². The first kappa shape index (κ1) is 13.0. The van der Waals surface area contributed by atoms with Crippen LogP contribution in [-0.4, -0.2) is 22.9 Å². The zero-order valence-corrected chi connectivity index (χ0v) is 10.1. The Balaban J connectivity index is 2.65. The molecule has 0 aliphatic rings. The second-order valence-electron chi connectivity index (χ2n) is 4.40. The molecule has 3 atom stereocenters. The van der Waals surface area contributed by atoms with Crippen molar-refractivity contribution in [2.45, 2.75) is 32.9 Å². The first-order valence-electron chi connectivity index (χ1n) is 5.71. The molecule has 1 rings (SSSR count). The molecule has 0 saturated carbocycles. The van der Waals surface area contributed by atoms with Gasteiger partial charge in [0.2, 0.25) is 0 Å². The summed E-state index contributed by atoms with van der Waals surface area (Å²) in [6.07, 6.45) is 0. The van der Waals surface area contributed by atoms with Crippen molar-refractivity contribution in [3.8, 4) is 5.75 Å². The molecule has 0 saturated heterocycles. The van der Waals surface area contributed by atoms with E-state index in [4.69, 9.17) is 5.11 Å². The molecule has 0 radical (unpaired) electrons. The number of aromatic hydroxyl groups is 1. The smallest absolute Gasteiger partial charge is 0.120 e. The van der Waals surface area contributed by atoms with Gasteiger partial charge >= 0.3 is 0 Å². The van der Waals surface area contributed by atoms with E-state index in [1.807, 2.05) is 39.0 Å². The molecule has 1 aromatic carbocycles. The van der Waals surface area contributed by atoms with E-state index in [1.54, 1.807) is 6.07 Å². The zero-order chi connectivity index (χ0) is 12.1. The van der Waals surface area contributed by atoms with Crippen molar-refractivity contribution < 1.29 is 10.2 Å². The summed E-state index contributed by atoms with van der Waals surface area (Å²) in [6, 6.07) is 7.60. The van der Waals surface area contributed by atoms with E-state index in [0.717, 1.165) is 5.56 Å². The Morgan fingerprint density at radius 1 is 1.19 bits per heavy atom. The average Bonchev–Trinajstić information content (AvgIpc) is 2.28. The first-order chi connectivity index (χ1) is 7.56. The number of hydrogen-bond donors (Lipinski definition) is 3. The Morgan fingerprint density at radius 2 is 1.81 bits per heavy atom. The third kappa shape index (κ3) is 3.22. The maximum atomic E-state index is 9.70. The van der Waals surface area contributed by atoms with Crippen molar-refractivity contribution >= 4 is 0 Å². The fourth-order valence-corrected chi connectivity index (χ4v) is 1.66. The lowest BCUT2D eigenvalue weighted by Gasteiger charge is -2.24. The van der Waals surface area contributed by atoms with E-state index in [9.17, 15) is 5.11 Å². The van der Waals surface area contributed by atoms with Crippen LogP contribution in [0.2, 0.25) is 0 Å². The highest BCUT2D eigenvalue weighted by Crippen LogP contribution is 2.23. The third-order valence-electron chi connectivity index (χ3n) is 3.06. The summed E-state index contributed by atoms with van der Waals surface area (Å²) in [5.41, 5.74) is 0.888. The molecule has 0 aliphatic heterocycles. The van der Waals surface area contributed by atoms with E-state index in [0.29, 0.717) is 5.75 Å². The fourth-order valence-electron chi connectivity index (χ4n) is 1.66. The molecule has 0 heterocycles. The number of phenolic OH excluding ortho intramolecular Hbond substituents is 1. The Morgan fingerprint density at radius 3 is 2.38 bits per heavy atom. The predicted molar refractivity (Wildman–Crippen MR) is 65.4 cm³/mol. The third-order valence-corrected chi connectivity index (χ3v) is 3.06. The lowest BCUT2D eigenvalue weighted by molar-refractivity contribution is 0.202. The predicted octanol–water partition coefficient (Wildman–Crippen LogP) is 2.06. The molecular weight excluding hydrogens is 202 g/mol. The summed E-state index contributed by atoms with van der Waals surface area (Å²) in [6.45, 7) is 6.21. The van der Waals surface area contributed by atoms with Crippen LogP contribution >= 0.6 is 0 Å². The Kier molecular flexibility index (Phi) is 4.77. The zero-order valence-electron chi connectivity index (χ0n) is 10.1. The van der Waals surface area contributed by atoms with Crippen molar-refractivity contribution in [1.29, 1.82) is 0 Å². The second kappa shape index (κ2) is 5.87. The molecule has 16 heavy (non-hydrogen) atoms.